The number of aromatic nitrogens is 6. The molecule has 15 heteroatoms. The van der Waals surface area contributed by atoms with Gasteiger partial charge in [-0.05, 0) is 25.3 Å². The zero-order valence-corrected chi connectivity index (χ0v) is 24.2. The second-order valence-corrected chi connectivity index (χ2v) is 11.3. The second-order valence-electron chi connectivity index (χ2n) is 10.9. The molecule has 2 fully saturated rings. The normalized spacial score (nSPS) is 18.8. The number of amides is 1. The Kier molecular flexibility index (Phi) is 8.73. The quantitative estimate of drug-likeness (QED) is 0.281. The molecule has 230 valence electrons. The number of carbonyl (C=O) groups excluding carboxylic acids is 1. The highest BCUT2D eigenvalue weighted by atomic mass is 35.5. The molecule has 0 bridgehead atoms. The third kappa shape index (κ3) is 6.51. The molecular formula is C29H29ClF3N9O2. The molecule has 11 nitrogen and oxygen atoms in total. The molecule has 2 aliphatic heterocycles. The molecule has 0 aliphatic carbocycles. The van der Waals surface area contributed by atoms with Gasteiger partial charge in [-0.1, -0.05) is 17.7 Å². The second kappa shape index (κ2) is 12.8. The van der Waals surface area contributed by atoms with E-state index in [1.807, 2.05) is 0 Å². The zero-order chi connectivity index (χ0) is 30.8. The Morgan fingerprint density at radius 1 is 1.11 bits per heavy atom. The molecular weight excluding hydrogens is 599 g/mol. The molecule has 2 N–H and O–H groups in total. The third-order valence-corrected chi connectivity index (χ3v) is 8.06. The Morgan fingerprint density at radius 2 is 1.93 bits per heavy atom. The third-order valence-electron chi connectivity index (χ3n) is 7.76. The number of hydrogen-bond donors (Lipinski definition) is 2. The minimum atomic E-state index is -2.99. The lowest BCUT2D eigenvalue weighted by atomic mass is 10.0. The lowest BCUT2D eigenvalue weighted by molar-refractivity contribution is 0.102. The van der Waals surface area contributed by atoms with E-state index in [0.29, 0.717) is 30.8 Å². The molecule has 0 radical (unpaired) electrons. The molecule has 5 heterocycles. The first kappa shape index (κ1) is 29.9. The number of β-amino-alcohol motifs (C(OH)–C–C–N with tert-alkyl or cyclic N) is 1. The molecule has 1 amide bonds. The number of anilines is 2. The minimum absolute atomic E-state index is 0.208. The SMILES string of the molecule is O=C(Nc1cnn(Cc2cnc(N3CCC[C@H]3CN3CC[C@@H](O)C3)nc2)c1)c1cncc(-c2c(C(F)F)ccc(Cl)c2F)n1. The number of aliphatic hydroxyl groups is 1. The number of halogens is 4. The van der Waals surface area contributed by atoms with Gasteiger partial charge < -0.3 is 15.3 Å². The monoisotopic (exact) mass is 627 g/mol. The summed E-state index contributed by atoms with van der Waals surface area (Å²) in [6.07, 6.45) is 8.49. The summed E-state index contributed by atoms with van der Waals surface area (Å²) in [5.74, 6) is -1.08. The average molecular weight is 628 g/mol. The summed E-state index contributed by atoms with van der Waals surface area (Å²) in [5.41, 5.74) is -0.413. The van der Waals surface area contributed by atoms with Crippen molar-refractivity contribution in [3.05, 3.63) is 77.0 Å². The van der Waals surface area contributed by atoms with Crippen LogP contribution in [0, 0.1) is 5.82 Å². The molecule has 44 heavy (non-hydrogen) atoms. The van der Waals surface area contributed by atoms with Crippen LogP contribution >= 0.6 is 11.6 Å². The van der Waals surface area contributed by atoms with E-state index in [-0.39, 0.29) is 22.5 Å². The topological polar surface area (TPSA) is 125 Å². The summed E-state index contributed by atoms with van der Waals surface area (Å²) in [6, 6.07) is 2.36. The molecule has 2 atom stereocenters. The van der Waals surface area contributed by atoms with E-state index in [9.17, 15) is 23.1 Å². The molecule has 6 rings (SSSR count). The van der Waals surface area contributed by atoms with Crippen molar-refractivity contribution in [1.29, 1.82) is 0 Å². The van der Waals surface area contributed by atoms with Gasteiger partial charge in [-0.25, -0.2) is 28.1 Å². The summed E-state index contributed by atoms with van der Waals surface area (Å²) in [4.78, 5) is 34.6. The molecule has 4 aromatic rings. The van der Waals surface area contributed by atoms with Gasteiger partial charge in [0.1, 0.15) is 5.69 Å². The Bertz CT molecular complexity index is 1640. The van der Waals surface area contributed by atoms with Gasteiger partial charge in [0.15, 0.2) is 5.82 Å². The van der Waals surface area contributed by atoms with E-state index in [0.717, 1.165) is 69.0 Å². The maximum Gasteiger partial charge on any atom is 0.275 e. The summed E-state index contributed by atoms with van der Waals surface area (Å²) < 4.78 is 43.4. The maximum absolute atomic E-state index is 14.7. The van der Waals surface area contributed by atoms with Gasteiger partial charge in [-0.15, -0.1) is 0 Å². The van der Waals surface area contributed by atoms with Gasteiger partial charge in [0.25, 0.3) is 12.3 Å². The summed E-state index contributed by atoms with van der Waals surface area (Å²) in [7, 11) is 0. The van der Waals surface area contributed by atoms with Crippen molar-refractivity contribution in [2.45, 2.75) is 44.4 Å². The van der Waals surface area contributed by atoms with Crippen molar-refractivity contribution in [1.82, 2.24) is 34.6 Å². The van der Waals surface area contributed by atoms with Crippen LogP contribution in [0.1, 0.15) is 47.3 Å². The van der Waals surface area contributed by atoms with Crippen LogP contribution in [0.25, 0.3) is 11.3 Å². The van der Waals surface area contributed by atoms with Gasteiger partial charge in [-0.3, -0.25) is 19.4 Å². The van der Waals surface area contributed by atoms with Crippen LogP contribution in [0.3, 0.4) is 0 Å². The van der Waals surface area contributed by atoms with E-state index in [4.69, 9.17) is 11.6 Å². The minimum Gasteiger partial charge on any atom is -0.392 e. The number of nitrogens with one attached hydrogen (secondary N) is 1. The van der Waals surface area contributed by atoms with Crippen LogP contribution in [0.2, 0.25) is 5.02 Å². The lowest BCUT2D eigenvalue weighted by Crippen LogP contribution is -2.40. The highest BCUT2D eigenvalue weighted by molar-refractivity contribution is 6.31. The number of carbonyl (C=O) groups is 1. The molecule has 2 aliphatic rings. The zero-order valence-electron chi connectivity index (χ0n) is 23.5. The fourth-order valence-corrected chi connectivity index (χ4v) is 5.80. The van der Waals surface area contributed by atoms with E-state index < -0.39 is 29.3 Å². The fraction of sp³-hybridized carbons (Fsp3) is 0.379. The summed E-state index contributed by atoms with van der Waals surface area (Å²) >= 11 is 5.81. The Morgan fingerprint density at radius 3 is 2.68 bits per heavy atom. The van der Waals surface area contributed by atoms with Gasteiger partial charge in [0.05, 0.1) is 47.6 Å². The van der Waals surface area contributed by atoms with E-state index in [2.05, 4.69) is 40.2 Å². The molecule has 0 saturated carbocycles. The molecule has 0 spiro atoms. The first-order chi connectivity index (χ1) is 21.2. The summed E-state index contributed by atoms with van der Waals surface area (Å²) in [5, 5.41) is 16.4. The van der Waals surface area contributed by atoms with Crippen molar-refractivity contribution in [2.75, 3.05) is 36.4 Å². The first-order valence-corrected chi connectivity index (χ1v) is 14.5. The van der Waals surface area contributed by atoms with Gasteiger partial charge in [0, 0.05) is 67.5 Å². The van der Waals surface area contributed by atoms with Crippen molar-refractivity contribution < 1.29 is 23.1 Å². The Hall–Kier alpha value is -4.14. The predicted molar refractivity (Wildman–Crippen MR) is 156 cm³/mol. The fourth-order valence-electron chi connectivity index (χ4n) is 5.64. The lowest BCUT2D eigenvalue weighted by Gasteiger charge is -2.28. The van der Waals surface area contributed by atoms with Crippen molar-refractivity contribution in [2.24, 2.45) is 0 Å². The average Bonchev–Trinajstić information content (AvgIpc) is 3.77. The standard InChI is InChI=1S/C29H29ClF3N9O2/c30-22-4-3-21(27(32)33)25(26(22)31)23-11-34-12-24(39-23)28(44)38-18-10-37-41(14-18)13-17-8-35-29(36-9-17)42-6-1-2-19(42)15-40-7-5-20(43)16-40/h3-4,8-12,14,19-20,27,43H,1-2,5-7,13,15-16H2,(H,38,44)/t19-,20+/m0/s1. The van der Waals surface area contributed by atoms with Crippen LogP contribution in [0.4, 0.5) is 24.8 Å². The predicted octanol–water partition coefficient (Wildman–Crippen LogP) is 4.20. The molecule has 2 saturated heterocycles. The largest absolute Gasteiger partial charge is 0.392 e. The van der Waals surface area contributed by atoms with Crippen molar-refractivity contribution >= 4 is 29.1 Å². The van der Waals surface area contributed by atoms with E-state index in [1.54, 1.807) is 23.3 Å². The number of aliphatic hydroxyl groups excluding tert-OH is 1. The van der Waals surface area contributed by atoms with Crippen LogP contribution in [0.15, 0.2) is 49.3 Å². The Labute approximate surface area is 255 Å². The van der Waals surface area contributed by atoms with Crippen LogP contribution in [-0.2, 0) is 6.54 Å². The highest BCUT2D eigenvalue weighted by Gasteiger charge is 2.31. The van der Waals surface area contributed by atoms with Gasteiger partial charge >= 0.3 is 0 Å². The number of rotatable bonds is 9. The van der Waals surface area contributed by atoms with Crippen LogP contribution in [-0.4, -0.2) is 84.0 Å². The molecule has 0 unspecified atom stereocenters. The van der Waals surface area contributed by atoms with Crippen molar-refractivity contribution in [3.8, 4) is 11.3 Å². The maximum atomic E-state index is 14.7. The number of hydrogen-bond acceptors (Lipinski definition) is 9. The highest BCUT2D eigenvalue weighted by Crippen LogP contribution is 2.35. The number of alkyl halides is 2. The first-order valence-electron chi connectivity index (χ1n) is 14.2. The van der Waals surface area contributed by atoms with Crippen molar-refractivity contribution in [3.63, 3.8) is 0 Å². The number of nitrogens with zero attached hydrogens (tertiary/aromatic N) is 8. The van der Waals surface area contributed by atoms with Gasteiger partial charge in [0.2, 0.25) is 5.95 Å². The molecule has 1 aromatic carbocycles. The van der Waals surface area contributed by atoms with Gasteiger partial charge in [-0.2, -0.15) is 5.10 Å². The number of likely N-dealkylation sites (tertiary alicyclic amines) is 1. The van der Waals surface area contributed by atoms with Crippen LogP contribution < -0.4 is 10.2 Å². The molecule has 3 aromatic heterocycles. The Balaban J connectivity index is 1.09. The number of benzene rings is 1. The summed E-state index contributed by atoms with van der Waals surface area (Å²) in [6.45, 7) is 3.74. The van der Waals surface area contributed by atoms with E-state index >= 15 is 0 Å². The van der Waals surface area contributed by atoms with E-state index in [1.165, 1.54) is 6.20 Å². The van der Waals surface area contributed by atoms with Crippen LogP contribution in [0.5, 0.6) is 0 Å². The smallest absolute Gasteiger partial charge is 0.275 e.